The highest BCUT2D eigenvalue weighted by Crippen LogP contribution is 2.44. The maximum atomic E-state index is 12.1. The van der Waals surface area contributed by atoms with Gasteiger partial charge in [0.2, 0.25) is 0 Å². The number of nitrogens with one attached hydrogen (secondary N) is 1. The SMILES string of the molecule is O=C(NCC1(CO)CC1)c1csc(-c2cccc([N+](=O)[O-])c2)n1. The number of thiazole rings is 1. The van der Waals surface area contributed by atoms with Crippen molar-refractivity contribution in [3.63, 3.8) is 0 Å². The Kier molecular flexibility index (Phi) is 4.10. The molecule has 0 saturated heterocycles. The summed E-state index contributed by atoms with van der Waals surface area (Å²) in [6.45, 7) is 0.509. The van der Waals surface area contributed by atoms with Crippen molar-refractivity contribution >= 4 is 22.9 Å². The molecule has 8 heteroatoms. The maximum absolute atomic E-state index is 12.1. The molecule has 1 aromatic carbocycles. The number of nitrogens with zero attached hydrogens (tertiary/aromatic N) is 2. The average Bonchev–Trinajstić information content (AvgIpc) is 3.18. The first-order chi connectivity index (χ1) is 11.0. The van der Waals surface area contributed by atoms with Crippen LogP contribution in [-0.2, 0) is 0 Å². The number of nitro benzene ring substituents is 1. The Labute approximate surface area is 136 Å². The molecule has 23 heavy (non-hydrogen) atoms. The maximum Gasteiger partial charge on any atom is 0.270 e. The largest absolute Gasteiger partial charge is 0.396 e. The number of hydrogen-bond acceptors (Lipinski definition) is 6. The summed E-state index contributed by atoms with van der Waals surface area (Å²) >= 11 is 1.26. The molecule has 1 amide bonds. The van der Waals surface area contributed by atoms with Gasteiger partial charge in [-0.15, -0.1) is 11.3 Å². The first kappa shape index (κ1) is 15.6. The van der Waals surface area contributed by atoms with Gasteiger partial charge in [0.25, 0.3) is 11.6 Å². The lowest BCUT2D eigenvalue weighted by Gasteiger charge is -2.11. The van der Waals surface area contributed by atoms with E-state index < -0.39 is 4.92 Å². The first-order valence-corrected chi connectivity index (χ1v) is 8.00. The van der Waals surface area contributed by atoms with Crippen LogP contribution < -0.4 is 5.32 Å². The molecule has 0 atom stereocenters. The zero-order chi connectivity index (χ0) is 16.4. The molecule has 7 nitrogen and oxygen atoms in total. The number of carbonyl (C=O) groups excluding carboxylic acids is 1. The van der Waals surface area contributed by atoms with E-state index in [1.165, 1.54) is 23.5 Å². The van der Waals surface area contributed by atoms with Crippen molar-refractivity contribution in [2.75, 3.05) is 13.2 Å². The molecule has 2 aromatic rings. The van der Waals surface area contributed by atoms with E-state index in [1.54, 1.807) is 17.5 Å². The van der Waals surface area contributed by atoms with Gasteiger partial charge in [0.15, 0.2) is 0 Å². The second kappa shape index (κ2) is 6.05. The fourth-order valence-corrected chi connectivity index (χ4v) is 2.99. The second-order valence-electron chi connectivity index (χ2n) is 5.69. The van der Waals surface area contributed by atoms with Crippen LogP contribution in [0.15, 0.2) is 29.6 Å². The van der Waals surface area contributed by atoms with Crippen molar-refractivity contribution in [3.05, 3.63) is 45.5 Å². The predicted molar refractivity (Wildman–Crippen MR) is 85.3 cm³/mol. The van der Waals surface area contributed by atoms with Crippen molar-refractivity contribution in [3.8, 4) is 10.6 Å². The zero-order valence-electron chi connectivity index (χ0n) is 12.2. The van der Waals surface area contributed by atoms with Crippen LogP contribution in [0.3, 0.4) is 0 Å². The minimum Gasteiger partial charge on any atom is -0.396 e. The minimum absolute atomic E-state index is 0.0117. The molecule has 2 N–H and O–H groups in total. The standard InChI is InChI=1S/C15H15N3O4S/c19-9-15(4-5-15)8-16-13(20)12-7-23-14(17-12)10-2-1-3-11(6-10)18(21)22/h1-3,6-7,19H,4-5,8-9H2,(H,16,20). The number of carbonyl (C=O) groups is 1. The Morgan fingerprint density at radius 1 is 1.48 bits per heavy atom. The van der Waals surface area contributed by atoms with E-state index in [4.69, 9.17) is 0 Å². The third-order valence-electron chi connectivity index (χ3n) is 3.96. The highest BCUT2D eigenvalue weighted by molar-refractivity contribution is 7.13. The van der Waals surface area contributed by atoms with Crippen LogP contribution in [0.2, 0.25) is 0 Å². The van der Waals surface area contributed by atoms with Crippen LogP contribution in [0.4, 0.5) is 5.69 Å². The third kappa shape index (κ3) is 3.38. The summed E-state index contributed by atoms with van der Waals surface area (Å²) in [5, 5.41) is 25.0. The zero-order valence-corrected chi connectivity index (χ0v) is 13.0. The lowest BCUT2D eigenvalue weighted by atomic mass is 10.1. The van der Waals surface area contributed by atoms with Gasteiger partial charge in [0.1, 0.15) is 10.7 Å². The number of aliphatic hydroxyl groups is 1. The number of rotatable bonds is 6. The van der Waals surface area contributed by atoms with Crippen LogP contribution >= 0.6 is 11.3 Å². The van der Waals surface area contributed by atoms with Crippen LogP contribution in [0, 0.1) is 15.5 Å². The normalized spacial score (nSPS) is 15.2. The fraction of sp³-hybridized carbons (Fsp3) is 0.333. The van der Waals surface area contributed by atoms with Crippen molar-refractivity contribution in [1.82, 2.24) is 10.3 Å². The van der Waals surface area contributed by atoms with E-state index in [-0.39, 0.29) is 29.3 Å². The molecule has 0 unspecified atom stereocenters. The van der Waals surface area contributed by atoms with E-state index in [0.29, 0.717) is 17.1 Å². The Morgan fingerprint density at radius 2 is 2.26 bits per heavy atom. The van der Waals surface area contributed by atoms with Crippen LogP contribution in [0.5, 0.6) is 0 Å². The molecule has 1 aromatic heterocycles. The van der Waals surface area contributed by atoms with E-state index >= 15 is 0 Å². The predicted octanol–water partition coefficient (Wildman–Crippen LogP) is 2.22. The minimum atomic E-state index is -0.464. The number of aromatic nitrogens is 1. The number of nitro groups is 1. The number of benzene rings is 1. The smallest absolute Gasteiger partial charge is 0.270 e. The molecule has 1 heterocycles. The summed E-state index contributed by atoms with van der Waals surface area (Å²) in [4.78, 5) is 26.7. The van der Waals surface area contributed by atoms with Gasteiger partial charge in [0, 0.05) is 35.0 Å². The van der Waals surface area contributed by atoms with Gasteiger partial charge in [-0.05, 0) is 12.8 Å². The number of hydrogen-bond donors (Lipinski definition) is 2. The molecule has 3 rings (SSSR count). The summed E-state index contributed by atoms with van der Waals surface area (Å²) in [5.74, 6) is -0.294. The Hall–Kier alpha value is -2.32. The van der Waals surface area contributed by atoms with Crippen LogP contribution in [-0.4, -0.2) is 34.1 Å². The van der Waals surface area contributed by atoms with Crippen molar-refractivity contribution in [1.29, 1.82) is 0 Å². The van der Waals surface area contributed by atoms with Gasteiger partial charge < -0.3 is 10.4 Å². The van der Waals surface area contributed by atoms with E-state index in [2.05, 4.69) is 10.3 Å². The van der Waals surface area contributed by atoms with Crippen LogP contribution in [0.25, 0.3) is 10.6 Å². The summed E-state index contributed by atoms with van der Waals surface area (Å²) in [7, 11) is 0. The highest BCUT2D eigenvalue weighted by Gasteiger charge is 2.42. The molecular formula is C15H15N3O4S. The molecule has 1 saturated carbocycles. The van der Waals surface area contributed by atoms with Gasteiger partial charge in [0.05, 0.1) is 11.5 Å². The molecular weight excluding hydrogens is 318 g/mol. The van der Waals surface area contributed by atoms with Crippen molar-refractivity contribution in [2.45, 2.75) is 12.8 Å². The van der Waals surface area contributed by atoms with Gasteiger partial charge in [-0.2, -0.15) is 0 Å². The quantitative estimate of drug-likeness (QED) is 0.623. The van der Waals surface area contributed by atoms with Gasteiger partial charge in [-0.1, -0.05) is 12.1 Å². The van der Waals surface area contributed by atoms with E-state index in [1.807, 2.05) is 0 Å². The topological polar surface area (TPSA) is 105 Å². The number of aliphatic hydroxyl groups excluding tert-OH is 1. The summed E-state index contributed by atoms with van der Waals surface area (Å²) in [6, 6.07) is 6.16. The monoisotopic (exact) mass is 333 g/mol. The lowest BCUT2D eigenvalue weighted by Crippen LogP contribution is -2.32. The number of non-ortho nitro benzene ring substituents is 1. The van der Waals surface area contributed by atoms with Crippen molar-refractivity contribution < 1.29 is 14.8 Å². The molecule has 0 spiro atoms. The molecule has 0 aliphatic heterocycles. The third-order valence-corrected chi connectivity index (χ3v) is 4.85. The van der Waals surface area contributed by atoms with E-state index in [0.717, 1.165) is 12.8 Å². The first-order valence-electron chi connectivity index (χ1n) is 7.12. The number of amides is 1. The van der Waals surface area contributed by atoms with Gasteiger partial charge >= 0.3 is 0 Å². The van der Waals surface area contributed by atoms with Gasteiger partial charge in [-0.25, -0.2) is 4.98 Å². The van der Waals surface area contributed by atoms with Crippen LogP contribution in [0.1, 0.15) is 23.3 Å². The van der Waals surface area contributed by atoms with E-state index in [9.17, 15) is 20.0 Å². The van der Waals surface area contributed by atoms with Gasteiger partial charge in [-0.3, -0.25) is 14.9 Å². The lowest BCUT2D eigenvalue weighted by molar-refractivity contribution is -0.384. The molecule has 0 radical (unpaired) electrons. The summed E-state index contributed by atoms with van der Waals surface area (Å²) < 4.78 is 0. The molecule has 1 aliphatic carbocycles. The highest BCUT2D eigenvalue weighted by atomic mass is 32.1. The second-order valence-corrected chi connectivity index (χ2v) is 6.54. The summed E-state index contributed by atoms with van der Waals surface area (Å²) in [6.07, 6.45) is 1.83. The fourth-order valence-electron chi connectivity index (χ4n) is 2.19. The Balaban J connectivity index is 1.71. The van der Waals surface area contributed by atoms with Crippen molar-refractivity contribution in [2.24, 2.45) is 5.41 Å². The molecule has 1 aliphatic rings. The Bertz CT molecular complexity index is 755. The molecule has 120 valence electrons. The summed E-state index contributed by atoms with van der Waals surface area (Å²) in [5.41, 5.74) is 0.721. The average molecular weight is 333 g/mol. The molecule has 1 fully saturated rings. The molecule has 0 bridgehead atoms. The Morgan fingerprint density at radius 3 is 2.91 bits per heavy atom.